The normalized spacial score (nSPS) is 17.0. The first-order valence-electron chi connectivity index (χ1n) is 6.63. The van der Waals surface area contributed by atoms with Gasteiger partial charge in [-0.3, -0.25) is 0 Å². The van der Waals surface area contributed by atoms with Gasteiger partial charge in [0, 0.05) is 37.6 Å². The number of nitrogens with one attached hydrogen (secondary N) is 2. The standard InChI is InChI=1S/C14H17ClN2O4/c15-11-3-1-10(2-4-11)9-16-13(20)17-14(12(18)19)5-7-21-8-6-14/h1-4H,5-9H2,(H,18,19)(H2,16,17,20). The molecule has 3 N–H and O–H groups in total. The number of urea groups is 1. The average Bonchev–Trinajstić information content (AvgIpc) is 2.47. The Morgan fingerprint density at radius 2 is 1.86 bits per heavy atom. The molecular formula is C14H17ClN2O4. The highest BCUT2D eigenvalue weighted by molar-refractivity contribution is 6.30. The fourth-order valence-corrected chi connectivity index (χ4v) is 2.28. The number of carboxylic acid groups (broad SMARTS) is 1. The third-order valence-electron chi connectivity index (χ3n) is 3.47. The van der Waals surface area contributed by atoms with E-state index in [-0.39, 0.29) is 12.8 Å². The van der Waals surface area contributed by atoms with Crippen molar-refractivity contribution in [3.05, 3.63) is 34.9 Å². The minimum absolute atomic E-state index is 0.261. The monoisotopic (exact) mass is 312 g/mol. The van der Waals surface area contributed by atoms with Crippen LogP contribution < -0.4 is 10.6 Å². The predicted octanol–water partition coefficient (Wildman–Crippen LogP) is 1.77. The Bertz CT molecular complexity index is 512. The lowest BCUT2D eigenvalue weighted by molar-refractivity contribution is -0.148. The van der Waals surface area contributed by atoms with Crippen molar-refractivity contribution in [2.24, 2.45) is 0 Å². The van der Waals surface area contributed by atoms with Crippen molar-refractivity contribution >= 4 is 23.6 Å². The molecular weight excluding hydrogens is 296 g/mol. The van der Waals surface area contributed by atoms with Crippen LogP contribution in [0.15, 0.2) is 24.3 Å². The zero-order valence-corrected chi connectivity index (χ0v) is 12.2. The maximum Gasteiger partial charge on any atom is 0.329 e. The van der Waals surface area contributed by atoms with Gasteiger partial charge in [0.05, 0.1) is 0 Å². The highest BCUT2D eigenvalue weighted by Crippen LogP contribution is 2.21. The second-order valence-electron chi connectivity index (χ2n) is 4.93. The van der Waals surface area contributed by atoms with Crippen LogP contribution in [0.3, 0.4) is 0 Å². The molecule has 1 aromatic rings. The average molecular weight is 313 g/mol. The Labute approximate surface area is 127 Å². The number of halogens is 1. The van der Waals surface area contributed by atoms with Crippen LogP contribution >= 0.6 is 11.6 Å². The Balaban J connectivity index is 1.90. The van der Waals surface area contributed by atoms with Gasteiger partial charge in [0.2, 0.25) is 0 Å². The lowest BCUT2D eigenvalue weighted by Crippen LogP contribution is -2.59. The predicted molar refractivity (Wildman–Crippen MR) is 77.2 cm³/mol. The summed E-state index contributed by atoms with van der Waals surface area (Å²) in [6.45, 7) is 0.947. The minimum atomic E-state index is -1.25. The van der Waals surface area contributed by atoms with Crippen molar-refractivity contribution in [2.75, 3.05) is 13.2 Å². The molecule has 114 valence electrons. The molecule has 0 bridgehead atoms. The molecule has 1 aliphatic heterocycles. The lowest BCUT2D eigenvalue weighted by Gasteiger charge is -2.33. The summed E-state index contributed by atoms with van der Waals surface area (Å²) < 4.78 is 5.15. The zero-order chi connectivity index (χ0) is 15.3. The second kappa shape index (κ2) is 6.78. The van der Waals surface area contributed by atoms with E-state index < -0.39 is 17.5 Å². The summed E-state index contributed by atoms with van der Waals surface area (Å²) in [6, 6.07) is 6.55. The van der Waals surface area contributed by atoms with Gasteiger partial charge in [0.25, 0.3) is 0 Å². The first-order chi connectivity index (χ1) is 10.0. The third-order valence-corrected chi connectivity index (χ3v) is 3.73. The summed E-state index contributed by atoms with van der Waals surface area (Å²) in [5, 5.41) is 15.2. The van der Waals surface area contributed by atoms with Crippen molar-refractivity contribution in [2.45, 2.75) is 24.9 Å². The molecule has 2 amide bonds. The largest absolute Gasteiger partial charge is 0.480 e. The Kier molecular flexibility index (Phi) is 5.03. The van der Waals surface area contributed by atoms with Gasteiger partial charge in [-0.2, -0.15) is 0 Å². The van der Waals surface area contributed by atoms with E-state index in [1.165, 1.54) is 0 Å². The number of aliphatic carboxylic acids is 1. The maximum atomic E-state index is 11.9. The quantitative estimate of drug-likeness (QED) is 0.790. The van der Waals surface area contributed by atoms with Crippen LogP contribution in [-0.2, 0) is 16.1 Å². The van der Waals surface area contributed by atoms with Crippen molar-refractivity contribution in [3.8, 4) is 0 Å². The number of hydrogen-bond donors (Lipinski definition) is 3. The van der Waals surface area contributed by atoms with Crippen molar-refractivity contribution in [1.82, 2.24) is 10.6 Å². The van der Waals surface area contributed by atoms with Crippen LogP contribution in [0.1, 0.15) is 18.4 Å². The number of carboxylic acids is 1. The van der Waals surface area contributed by atoms with Gasteiger partial charge in [-0.15, -0.1) is 0 Å². The first-order valence-corrected chi connectivity index (χ1v) is 7.01. The summed E-state index contributed by atoms with van der Waals surface area (Å²) in [4.78, 5) is 23.3. The molecule has 1 aromatic carbocycles. The molecule has 21 heavy (non-hydrogen) atoms. The van der Waals surface area contributed by atoms with Gasteiger partial charge < -0.3 is 20.5 Å². The van der Waals surface area contributed by atoms with E-state index >= 15 is 0 Å². The van der Waals surface area contributed by atoms with Crippen LogP contribution in [0.25, 0.3) is 0 Å². The van der Waals surface area contributed by atoms with Gasteiger partial charge in [-0.05, 0) is 17.7 Å². The number of carbonyl (C=O) groups excluding carboxylic acids is 1. The van der Waals surface area contributed by atoms with Gasteiger partial charge in [0.15, 0.2) is 0 Å². The molecule has 7 heteroatoms. The van der Waals surface area contributed by atoms with Crippen LogP contribution in [0.5, 0.6) is 0 Å². The summed E-state index contributed by atoms with van der Waals surface area (Å²) in [5.74, 6) is -1.03. The van der Waals surface area contributed by atoms with E-state index in [0.717, 1.165) is 5.56 Å². The molecule has 0 aromatic heterocycles. The highest BCUT2D eigenvalue weighted by Gasteiger charge is 2.41. The Morgan fingerprint density at radius 1 is 1.24 bits per heavy atom. The molecule has 0 aliphatic carbocycles. The Hall–Kier alpha value is -1.79. The van der Waals surface area contributed by atoms with E-state index in [1.54, 1.807) is 24.3 Å². The number of ether oxygens (including phenoxy) is 1. The maximum absolute atomic E-state index is 11.9. The lowest BCUT2D eigenvalue weighted by atomic mass is 9.90. The molecule has 1 heterocycles. The highest BCUT2D eigenvalue weighted by atomic mass is 35.5. The first kappa shape index (κ1) is 15.6. The summed E-state index contributed by atoms with van der Waals surface area (Å²) in [7, 11) is 0. The van der Waals surface area contributed by atoms with Crippen molar-refractivity contribution in [1.29, 1.82) is 0 Å². The second-order valence-corrected chi connectivity index (χ2v) is 5.37. The summed E-state index contributed by atoms with van der Waals surface area (Å²) in [6.07, 6.45) is 0.521. The van der Waals surface area contributed by atoms with E-state index in [4.69, 9.17) is 16.3 Å². The molecule has 1 saturated heterocycles. The fraction of sp³-hybridized carbons (Fsp3) is 0.429. The van der Waals surface area contributed by atoms with Crippen molar-refractivity contribution in [3.63, 3.8) is 0 Å². The van der Waals surface area contributed by atoms with Crippen LogP contribution in [-0.4, -0.2) is 35.9 Å². The summed E-state index contributed by atoms with van der Waals surface area (Å²) >= 11 is 5.78. The van der Waals surface area contributed by atoms with Crippen LogP contribution in [0.2, 0.25) is 5.02 Å². The smallest absolute Gasteiger partial charge is 0.329 e. The molecule has 0 unspecified atom stereocenters. The van der Waals surface area contributed by atoms with Crippen LogP contribution in [0.4, 0.5) is 4.79 Å². The number of hydrogen-bond acceptors (Lipinski definition) is 3. The molecule has 6 nitrogen and oxygen atoms in total. The van der Waals surface area contributed by atoms with E-state index in [2.05, 4.69) is 10.6 Å². The molecule has 1 fully saturated rings. The van der Waals surface area contributed by atoms with Gasteiger partial charge in [-0.1, -0.05) is 23.7 Å². The van der Waals surface area contributed by atoms with Crippen molar-refractivity contribution < 1.29 is 19.4 Å². The minimum Gasteiger partial charge on any atom is -0.480 e. The van der Waals surface area contributed by atoms with Gasteiger partial charge >= 0.3 is 12.0 Å². The summed E-state index contributed by atoms with van der Waals surface area (Å²) in [5.41, 5.74) is -0.367. The zero-order valence-electron chi connectivity index (χ0n) is 11.4. The molecule has 2 rings (SSSR count). The molecule has 0 atom stereocenters. The van der Waals surface area contributed by atoms with Gasteiger partial charge in [-0.25, -0.2) is 9.59 Å². The topological polar surface area (TPSA) is 87.7 Å². The molecule has 0 saturated carbocycles. The fourth-order valence-electron chi connectivity index (χ4n) is 2.16. The van der Waals surface area contributed by atoms with Gasteiger partial charge in [0.1, 0.15) is 5.54 Å². The molecule has 0 radical (unpaired) electrons. The van der Waals surface area contributed by atoms with E-state index in [9.17, 15) is 14.7 Å². The third kappa shape index (κ3) is 4.09. The Morgan fingerprint density at radius 3 is 2.43 bits per heavy atom. The number of carbonyl (C=O) groups is 2. The van der Waals surface area contributed by atoms with E-state index in [1.807, 2.05) is 0 Å². The SMILES string of the molecule is O=C(NCc1ccc(Cl)cc1)NC1(C(=O)O)CCOCC1. The van der Waals surface area contributed by atoms with E-state index in [0.29, 0.717) is 24.8 Å². The molecule has 0 spiro atoms. The van der Waals surface area contributed by atoms with Crippen LogP contribution in [0, 0.1) is 0 Å². The number of rotatable bonds is 4. The number of amides is 2. The molecule has 1 aliphatic rings. The number of benzene rings is 1.